The first-order valence-electron chi connectivity index (χ1n) is 9.10. The zero-order valence-corrected chi connectivity index (χ0v) is 16.7. The van der Waals surface area contributed by atoms with Crippen molar-refractivity contribution in [2.45, 2.75) is 19.1 Å². The van der Waals surface area contributed by atoms with Gasteiger partial charge in [0.1, 0.15) is 6.04 Å². The molecule has 1 atom stereocenters. The number of carbonyl (C=O) groups is 2. The standard InChI is InChI=1S/C23H19BrN2O2/c24-20-13-7-4-10-17(20)15-26-21(18-11-5-6-12-19(18)23(26)28)22(27)25-14-16-8-2-1-3-9-16/h1-13,21H,14-15H2,(H,25,27). The Labute approximate surface area is 172 Å². The summed E-state index contributed by atoms with van der Waals surface area (Å²) in [7, 11) is 0. The molecule has 0 saturated heterocycles. The van der Waals surface area contributed by atoms with Crippen molar-refractivity contribution in [3.05, 3.63) is 106 Å². The van der Waals surface area contributed by atoms with Gasteiger partial charge in [-0.05, 0) is 28.8 Å². The molecule has 2 amide bonds. The van der Waals surface area contributed by atoms with E-state index < -0.39 is 6.04 Å². The molecule has 3 aromatic carbocycles. The summed E-state index contributed by atoms with van der Waals surface area (Å²) in [5, 5.41) is 2.99. The summed E-state index contributed by atoms with van der Waals surface area (Å²) in [6.45, 7) is 0.785. The molecular formula is C23H19BrN2O2. The molecule has 5 heteroatoms. The van der Waals surface area contributed by atoms with Gasteiger partial charge < -0.3 is 10.2 Å². The fourth-order valence-electron chi connectivity index (χ4n) is 3.51. The van der Waals surface area contributed by atoms with E-state index in [9.17, 15) is 9.59 Å². The summed E-state index contributed by atoms with van der Waals surface area (Å²) in [6, 6.07) is 24.2. The van der Waals surface area contributed by atoms with Crippen LogP contribution in [0.1, 0.15) is 33.1 Å². The number of rotatable bonds is 5. The lowest BCUT2D eigenvalue weighted by atomic mass is 10.0. The molecule has 4 nitrogen and oxygen atoms in total. The molecule has 0 aromatic heterocycles. The van der Waals surface area contributed by atoms with Crippen molar-refractivity contribution in [2.24, 2.45) is 0 Å². The number of nitrogens with zero attached hydrogens (tertiary/aromatic N) is 1. The Kier molecular flexibility index (Phi) is 5.26. The van der Waals surface area contributed by atoms with E-state index in [0.29, 0.717) is 18.7 Å². The monoisotopic (exact) mass is 434 g/mol. The lowest BCUT2D eigenvalue weighted by Gasteiger charge is -2.25. The molecule has 1 aliphatic heterocycles. The van der Waals surface area contributed by atoms with Gasteiger partial charge in [0.25, 0.3) is 5.91 Å². The Morgan fingerprint density at radius 2 is 1.61 bits per heavy atom. The van der Waals surface area contributed by atoms with E-state index >= 15 is 0 Å². The lowest BCUT2D eigenvalue weighted by Crippen LogP contribution is -2.38. The Bertz CT molecular complexity index is 1020. The van der Waals surface area contributed by atoms with Gasteiger partial charge in [-0.1, -0.05) is 82.7 Å². The van der Waals surface area contributed by atoms with Gasteiger partial charge in [-0.3, -0.25) is 9.59 Å². The van der Waals surface area contributed by atoms with Crippen LogP contribution >= 0.6 is 15.9 Å². The van der Waals surface area contributed by atoms with E-state index in [1.54, 1.807) is 11.0 Å². The van der Waals surface area contributed by atoms with Gasteiger partial charge >= 0.3 is 0 Å². The zero-order chi connectivity index (χ0) is 19.5. The van der Waals surface area contributed by atoms with Crippen LogP contribution < -0.4 is 5.32 Å². The van der Waals surface area contributed by atoms with Crippen LogP contribution in [-0.2, 0) is 17.9 Å². The van der Waals surface area contributed by atoms with Gasteiger partial charge in [-0.25, -0.2) is 0 Å². The van der Waals surface area contributed by atoms with Crippen LogP contribution in [0.4, 0.5) is 0 Å². The summed E-state index contributed by atoms with van der Waals surface area (Å²) < 4.78 is 0.919. The summed E-state index contributed by atoms with van der Waals surface area (Å²) in [6.07, 6.45) is 0. The number of amides is 2. The first-order chi connectivity index (χ1) is 13.6. The topological polar surface area (TPSA) is 49.4 Å². The Hall–Kier alpha value is -2.92. The van der Waals surface area contributed by atoms with Crippen LogP contribution in [-0.4, -0.2) is 16.7 Å². The van der Waals surface area contributed by atoms with Crippen molar-refractivity contribution in [3.63, 3.8) is 0 Å². The van der Waals surface area contributed by atoms with Gasteiger partial charge in [0.05, 0.1) is 0 Å². The van der Waals surface area contributed by atoms with Crippen molar-refractivity contribution in [1.29, 1.82) is 0 Å². The van der Waals surface area contributed by atoms with Gasteiger partial charge in [0.15, 0.2) is 0 Å². The minimum Gasteiger partial charge on any atom is -0.350 e. The van der Waals surface area contributed by atoms with Crippen LogP contribution in [0.2, 0.25) is 0 Å². The van der Waals surface area contributed by atoms with Gasteiger partial charge in [0, 0.05) is 23.1 Å². The first-order valence-corrected chi connectivity index (χ1v) is 9.89. The molecule has 0 bridgehead atoms. The van der Waals surface area contributed by atoms with Gasteiger partial charge in [-0.15, -0.1) is 0 Å². The fourth-order valence-corrected chi connectivity index (χ4v) is 3.92. The molecule has 0 spiro atoms. The molecule has 1 unspecified atom stereocenters. The van der Waals surface area contributed by atoms with Crippen LogP contribution in [0.25, 0.3) is 0 Å². The normalized spacial score (nSPS) is 15.4. The first kappa shape index (κ1) is 18.4. The average molecular weight is 435 g/mol. The Morgan fingerprint density at radius 1 is 0.929 bits per heavy atom. The molecule has 28 heavy (non-hydrogen) atoms. The third-order valence-electron chi connectivity index (χ3n) is 4.91. The fraction of sp³-hybridized carbons (Fsp3) is 0.130. The second kappa shape index (κ2) is 7.98. The summed E-state index contributed by atoms with van der Waals surface area (Å²) in [5.41, 5.74) is 3.33. The molecule has 0 aliphatic carbocycles. The average Bonchev–Trinajstić information content (AvgIpc) is 3.01. The van der Waals surface area contributed by atoms with Crippen LogP contribution in [0, 0.1) is 0 Å². The molecule has 1 heterocycles. The van der Waals surface area contributed by atoms with Crippen molar-refractivity contribution < 1.29 is 9.59 Å². The largest absolute Gasteiger partial charge is 0.350 e. The number of fused-ring (bicyclic) bond motifs is 1. The molecule has 0 saturated carbocycles. The molecule has 0 fully saturated rings. The zero-order valence-electron chi connectivity index (χ0n) is 15.1. The number of carbonyl (C=O) groups excluding carboxylic acids is 2. The third kappa shape index (κ3) is 3.58. The molecule has 1 N–H and O–H groups in total. The van der Waals surface area contributed by atoms with Gasteiger partial charge in [-0.2, -0.15) is 0 Å². The van der Waals surface area contributed by atoms with E-state index in [2.05, 4.69) is 21.2 Å². The molecule has 0 radical (unpaired) electrons. The van der Waals surface area contributed by atoms with Crippen molar-refractivity contribution in [2.75, 3.05) is 0 Å². The lowest BCUT2D eigenvalue weighted by molar-refractivity contribution is -0.125. The van der Waals surface area contributed by atoms with Gasteiger partial charge in [0.2, 0.25) is 5.91 Å². The Morgan fingerprint density at radius 3 is 2.39 bits per heavy atom. The van der Waals surface area contributed by atoms with Crippen molar-refractivity contribution in [3.8, 4) is 0 Å². The number of hydrogen-bond donors (Lipinski definition) is 1. The minimum absolute atomic E-state index is 0.119. The number of halogens is 1. The maximum Gasteiger partial charge on any atom is 0.255 e. The van der Waals surface area contributed by atoms with Crippen LogP contribution in [0.5, 0.6) is 0 Å². The predicted octanol–water partition coefficient (Wildman–Crippen LogP) is 4.46. The highest BCUT2D eigenvalue weighted by molar-refractivity contribution is 9.10. The molecule has 3 aromatic rings. The predicted molar refractivity (Wildman–Crippen MR) is 111 cm³/mol. The number of benzene rings is 3. The summed E-state index contributed by atoms with van der Waals surface area (Å²) in [5.74, 6) is -0.291. The van der Waals surface area contributed by atoms with Crippen LogP contribution in [0.3, 0.4) is 0 Å². The quantitative estimate of drug-likeness (QED) is 0.644. The van der Waals surface area contributed by atoms with E-state index in [-0.39, 0.29) is 11.8 Å². The SMILES string of the molecule is O=C(NCc1ccccc1)C1c2ccccc2C(=O)N1Cc1ccccc1Br. The van der Waals surface area contributed by atoms with E-state index in [0.717, 1.165) is 21.2 Å². The highest BCUT2D eigenvalue weighted by Gasteiger charge is 2.40. The highest BCUT2D eigenvalue weighted by atomic mass is 79.9. The van der Waals surface area contributed by atoms with E-state index in [1.807, 2.05) is 72.8 Å². The molecule has 1 aliphatic rings. The van der Waals surface area contributed by atoms with Crippen molar-refractivity contribution >= 4 is 27.7 Å². The second-order valence-corrected chi connectivity index (χ2v) is 7.57. The maximum absolute atomic E-state index is 13.1. The minimum atomic E-state index is -0.639. The highest BCUT2D eigenvalue weighted by Crippen LogP contribution is 2.35. The molecule has 4 rings (SSSR count). The van der Waals surface area contributed by atoms with E-state index in [1.165, 1.54) is 0 Å². The molecule has 140 valence electrons. The van der Waals surface area contributed by atoms with Crippen LogP contribution in [0.15, 0.2) is 83.3 Å². The Balaban J connectivity index is 1.62. The number of hydrogen-bond acceptors (Lipinski definition) is 2. The third-order valence-corrected chi connectivity index (χ3v) is 5.69. The van der Waals surface area contributed by atoms with E-state index in [4.69, 9.17) is 0 Å². The second-order valence-electron chi connectivity index (χ2n) is 6.72. The van der Waals surface area contributed by atoms with Crippen molar-refractivity contribution in [1.82, 2.24) is 10.2 Å². The number of nitrogens with one attached hydrogen (secondary N) is 1. The smallest absolute Gasteiger partial charge is 0.255 e. The summed E-state index contributed by atoms with van der Waals surface area (Å²) >= 11 is 3.54. The molecular weight excluding hydrogens is 416 g/mol. The maximum atomic E-state index is 13.1. The summed E-state index contributed by atoms with van der Waals surface area (Å²) in [4.78, 5) is 27.8.